The highest BCUT2D eigenvalue weighted by Gasteiger charge is 2.19. The van der Waals surface area contributed by atoms with Crippen LogP contribution in [0.25, 0.3) is 0 Å². The third-order valence-electron chi connectivity index (χ3n) is 10.6. The molecule has 1 unspecified atom stereocenters. The largest absolute Gasteiger partial charge is 0.462 e. The molecule has 0 bridgehead atoms. The van der Waals surface area contributed by atoms with Crippen molar-refractivity contribution < 1.29 is 28.6 Å². The van der Waals surface area contributed by atoms with Gasteiger partial charge in [0.1, 0.15) is 13.2 Å². The molecule has 6 heteroatoms. The van der Waals surface area contributed by atoms with E-state index in [9.17, 15) is 14.4 Å². The highest BCUT2D eigenvalue weighted by molar-refractivity contribution is 5.71. The van der Waals surface area contributed by atoms with Crippen LogP contribution in [0.5, 0.6) is 0 Å². The maximum absolute atomic E-state index is 12.8. The molecule has 0 spiro atoms. The predicted molar refractivity (Wildman–Crippen MR) is 270 cm³/mol. The minimum atomic E-state index is -0.795. The molecule has 0 saturated heterocycles. The smallest absolute Gasteiger partial charge is 0.306 e. The van der Waals surface area contributed by atoms with Crippen molar-refractivity contribution in [3.8, 4) is 0 Å². The monoisotopic (exact) mass is 875 g/mol. The van der Waals surface area contributed by atoms with E-state index in [2.05, 4.69) is 118 Å². The van der Waals surface area contributed by atoms with Gasteiger partial charge in [-0.1, -0.05) is 208 Å². The van der Waals surface area contributed by atoms with Crippen LogP contribution in [0.2, 0.25) is 0 Å². The Labute approximate surface area is 387 Å². The van der Waals surface area contributed by atoms with Crippen LogP contribution in [0.15, 0.2) is 97.2 Å². The van der Waals surface area contributed by atoms with Crippen molar-refractivity contribution in [3.05, 3.63) is 97.2 Å². The van der Waals surface area contributed by atoms with Crippen molar-refractivity contribution in [2.45, 2.75) is 232 Å². The number of carbonyl (C=O) groups is 3. The maximum atomic E-state index is 12.8. The normalized spacial score (nSPS) is 12.9. The summed E-state index contributed by atoms with van der Waals surface area (Å²) in [6.07, 6.45) is 66.8. The van der Waals surface area contributed by atoms with Gasteiger partial charge in [-0.3, -0.25) is 14.4 Å². The van der Waals surface area contributed by atoms with E-state index in [-0.39, 0.29) is 31.1 Å². The van der Waals surface area contributed by atoms with Gasteiger partial charge in [-0.05, 0) is 96.3 Å². The standard InChI is InChI=1S/C57H94O6/c1-4-7-10-13-16-19-21-23-25-27-28-30-31-33-35-38-41-44-47-50-56(59)62-53-54(52-61-55(58)49-46-43-40-37-18-15-12-9-6-3)63-57(60)51-48-45-42-39-36-34-32-29-26-24-22-20-17-14-11-8-5-2/h7-8,10-11,16-17,19-20,23-26,28,30,32,34,54H,4-6,9,12-15,18,21-22,27,29,31,33,35-53H2,1-3H3/b10-7-,11-8-,19-16-,20-17-,25-23-,26-24-,30-28-,34-32-. The van der Waals surface area contributed by atoms with Gasteiger partial charge in [-0.15, -0.1) is 0 Å². The van der Waals surface area contributed by atoms with Gasteiger partial charge in [0.2, 0.25) is 0 Å². The predicted octanol–water partition coefficient (Wildman–Crippen LogP) is 17.0. The third-order valence-corrected chi connectivity index (χ3v) is 10.6. The molecular formula is C57H94O6. The molecule has 358 valence electrons. The average Bonchev–Trinajstić information content (AvgIpc) is 3.28. The van der Waals surface area contributed by atoms with Crippen LogP contribution in [0.3, 0.4) is 0 Å². The molecule has 0 heterocycles. The first-order chi connectivity index (χ1) is 31.0. The Morgan fingerprint density at radius 2 is 0.619 bits per heavy atom. The molecule has 0 amide bonds. The zero-order valence-electron chi connectivity index (χ0n) is 40.8. The Bertz CT molecular complexity index is 1280. The molecule has 0 N–H and O–H groups in total. The Hall–Kier alpha value is -3.67. The van der Waals surface area contributed by atoms with Crippen molar-refractivity contribution in [2.24, 2.45) is 0 Å². The first kappa shape index (κ1) is 59.3. The number of hydrogen-bond donors (Lipinski definition) is 0. The zero-order valence-corrected chi connectivity index (χ0v) is 40.8. The lowest BCUT2D eigenvalue weighted by Crippen LogP contribution is -2.30. The maximum Gasteiger partial charge on any atom is 0.306 e. The highest BCUT2D eigenvalue weighted by atomic mass is 16.6. The van der Waals surface area contributed by atoms with Crippen molar-refractivity contribution in [1.82, 2.24) is 0 Å². The molecule has 0 fully saturated rings. The van der Waals surface area contributed by atoms with E-state index >= 15 is 0 Å². The molecule has 0 aromatic rings. The minimum Gasteiger partial charge on any atom is -0.462 e. The van der Waals surface area contributed by atoms with Gasteiger partial charge in [0.15, 0.2) is 6.10 Å². The topological polar surface area (TPSA) is 78.9 Å². The van der Waals surface area contributed by atoms with Crippen molar-refractivity contribution in [1.29, 1.82) is 0 Å². The molecule has 0 aliphatic carbocycles. The Kier molecular flexibility index (Phi) is 48.0. The van der Waals surface area contributed by atoms with Crippen LogP contribution < -0.4 is 0 Å². The molecule has 0 aliphatic heterocycles. The lowest BCUT2D eigenvalue weighted by Gasteiger charge is -2.18. The Balaban J connectivity index is 4.40. The van der Waals surface area contributed by atoms with E-state index in [1.807, 2.05) is 0 Å². The summed E-state index contributed by atoms with van der Waals surface area (Å²) in [5.74, 6) is -0.936. The fourth-order valence-corrected chi connectivity index (χ4v) is 6.78. The second kappa shape index (κ2) is 51.0. The fraction of sp³-hybridized carbons (Fsp3) is 0.667. The number of rotatable bonds is 45. The number of hydrogen-bond acceptors (Lipinski definition) is 6. The van der Waals surface area contributed by atoms with E-state index in [4.69, 9.17) is 14.2 Å². The number of ether oxygens (including phenoxy) is 3. The summed E-state index contributed by atoms with van der Waals surface area (Å²) in [5, 5.41) is 0. The van der Waals surface area contributed by atoms with Crippen LogP contribution >= 0.6 is 0 Å². The first-order valence-electron chi connectivity index (χ1n) is 25.7. The van der Waals surface area contributed by atoms with Crippen LogP contribution in [0.4, 0.5) is 0 Å². The summed E-state index contributed by atoms with van der Waals surface area (Å²) in [6.45, 7) is 6.35. The van der Waals surface area contributed by atoms with Crippen molar-refractivity contribution in [2.75, 3.05) is 13.2 Å². The van der Waals surface area contributed by atoms with Crippen LogP contribution in [0.1, 0.15) is 226 Å². The van der Waals surface area contributed by atoms with E-state index < -0.39 is 6.10 Å². The summed E-state index contributed by atoms with van der Waals surface area (Å²) < 4.78 is 16.7. The fourth-order valence-electron chi connectivity index (χ4n) is 6.78. The van der Waals surface area contributed by atoms with Crippen LogP contribution in [0, 0.1) is 0 Å². The molecule has 6 nitrogen and oxygen atoms in total. The summed E-state index contributed by atoms with van der Waals surface area (Å²) in [5.41, 5.74) is 0. The molecule has 0 saturated carbocycles. The van der Waals surface area contributed by atoms with Gasteiger partial charge in [-0.2, -0.15) is 0 Å². The number of esters is 3. The third kappa shape index (κ3) is 49.2. The molecular weight excluding hydrogens is 781 g/mol. The van der Waals surface area contributed by atoms with Crippen LogP contribution in [-0.4, -0.2) is 37.2 Å². The number of unbranched alkanes of at least 4 members (excludes halogenated alkanes) is 18. The van der Waals surface area contributed by atoms with Gasteiger partial charge in [-0.25, -0.2) is 0 Å². The molecule has 1 atom stereocenters. The van der Waals surface area contributed by atoms with Gasteiger partial charge < -0.3 is 14.2 Å². The molecule has 0 aliphatic rings. The van der Waals surface area contributed by atoms with E-state index in [1.54, 1.807) is 0 Å². The van der Waals surface area contributed by atoms with Gasteiger partial charge in [0.25, 0.3) is 0 Å². The van der Waals surface area contributed by atoms with E-state index in [0.717, 1.165) is 135 Å². The minimum absolute atomic E-state index is 0.0922. The Morgan fingerprint density at radius 3 is 0.968 bits per heavy atom. The lowest BCUT2D eigenvalue weighted by molar-refractivity contribution is -0.167. The lowest BCUT2D eigenvalue weighted by atomic mass is 10.1. The van der Waals surface area contributed by atoms with E-state index in [0.29, 0.717) is 19.3 Å². The van der Waals surface area contributed by atoms with Gasteiger partial charge in [0, 0.05) is 19.3 Å². The summed E-state index contributed by atoms with van der Waals surface area (Å²) in [6, 6.07) is 0. The number of carbonyl (C=O) groups excluding carboxylic acids is 3. The van der Waals surface area contributed by atoms with Gasteiger partial charge >= 0.3 is 17.9 Å². The van der Waals surface area contributed by atoms with Crippen molar-refractivity contribution >= 4 is 17.9 Å². The zero-order chi connectivity index (χ0) is 45.8. The highest BCUT2D eigenvalue weighted by Crippen LogP contribution is 2.14. The molecule has 0 aromatic heterocycles. The van der Waals surface area contributed by atoms with Crippen LogP contribution in [-0.2, 0) is 28.6 Å². The SMILES string of the molecule is CC/C=C\C/C=C\C/C=C\C/C=C\CCCCCCCCC(=O)OCC(COC(=O)CCCCCCCCCCC)OC(=O)CCCCCC/C=C\C/C=C\C/C=C\C/C=C\CC. The molecule has 0 rings (SSSR count). The summed E-state index contributed by atoms with van der Waals surface area (Å²) >= 11 is 0. The van der Waals surface area contributed by atoms with Gasteiger partial charge in [0.05, 0.1) is 0 Å². The first-order valence-corrected chi connectivity index (χ1v) is 25.7. The molecule has 0 aromatic carbocycles. The van der Waals surface area contributed by atoms with E-state index in [1.165, 1.54) is 51.4 Å². The molecule has 63 heavy (non-hydrogen) atoms. The Morgan fingerprint density at radius 1 is 0.333 bits per heavy atom. The number of allylic oxidation sites excluding steroid dienone is 16. The van der Waals surface area contributed by atoms with Crippen molar-refractivity contribution in [3.63, 3.8) is 0 Å². The summed E-state index contributed by atoms with van der Waals surface area (Å²) in [4.78, 5) is 37.9. The average molecular weight is 875 g/mol. The summed E-state index contributed by atoms with van der Waals surface area (Å²) in [7, 11) is 0. The molecule has 0 radical (unpaired) electrons. The quantitative estimate of drug-likeness (QED) is 0.0262. The second-order valence-corrected chi connectivity index (χ2v) is 16.7. The second-order valence-electron chi connectivity index (χ2n) is 16.7.